The Morgan fingerprint density at radius 1 is 1.50 bits per heavy atom. The lowest BCUT2D eigenvalue weighted by Crippen LogP contribution is -2.02. The van der Waals surface area contributed by atoms with Crippen LogP contribution in [0.5, 0.6) is 0 Å². The number of carboxylic acids is 1. The van der Waals surface area contributed by atoms with E-state index in [4.69, 9.17) is 0 Å². The zero-order valence-electron chi connectivity index (χ0n) is 12.2. The topological polar surface area (TPSA) is 68.0 Å². The van der Waals surface area contributed by atoms with E-state index in [0.717, 1.165) is 33.8 Å². The number of aryl methyl sites for hydroxylation is 2. The summed E-state index contributed by atoms with van der Waals surface area (Å²) in [6.07, 6.45) is 2.48. The molecule has 0 unspecified atom stereocenters. The highest BCUT2D eigenvalue weighted by Gasteiger charge is 2.19. The summed E-state index contributed by atoms with van der Waals surface area (Å²) in [4.78, 5) is 16.4. The first kappa shape index (κ1) is 14.8. The maximum Gasteiger partial charge on any atom is 0.338 e. The number of fused-ring (bicyclic) bond motifs is 1. The molecular weight excluding hydrogens is 274 g/mol. The highest BCUT2D eigenvalue weighted by atomic mass is 32.2. The van der Waals surface area contributed by atoms with Crippen LogP contribution in [0.25, 0.3) is 11.0 Å². The van der Waals surface area contributed by atoms with E-state index in [1.807, 2.05) is 14.0 Å². The van der Waals surface area contributed by atoms with Crippen LogP contribution in [0.3, 0.4) is 0 Å². The number of thioether (sulfide) groups is 1. The zero-order valence-corrected chi connectivity index (χ0v) is 13.0. The lowest BCUT2D eigenvalue weighted by Gasteiger charge is -2.09. The van der Waals surface area contributed by atoms with Gasteiger partial charge < -0.3 is 5.11 Å². The summed E-state index contributed by atoms with van der Waals surface area (Å²) in [7, 11) is 1.82. The number of pyridine rings is 1. The molecule has 0 bridgehead atoms. The third-order valence-electron chi connectivity index (χ3n) is 3.15. The van der Waals surface area contributed by atoms with Gasteiger partial charge in [0, 0.05) is 18.1 Å². The second-order valence-corrected chi connectivity index (χ2v) is 6.35. The third kappa shape index (κ3) is 2.80. The summed E-state index contributed by atoms with van der Waals surface area (Å²) < 4.78 is 1.70. The minimum Gasteiger partial charge on any atom is -0.478 e. The molecule has 0 aliphatic carbocycles. The summed E-state index contributed by atoms with van der Waals surface area (Å²) in [5.74, 6) is 0.559. The van der Waals surface area contributed by atoms with Crippen LogP contribution in [0.15, 0.2) is 11.1 Å². The van der Waals surface area contributed by atoms with Crippen molar-refractivity contribution in [1.29, 1.82) is 0 Å². The van der Waals surface area contributed by atoms with Gasteiger partial charge >= 0.3 is 5.97 Å². The van der Waals surface area contributed by atoms with Gasteiger partial charge in [0.1, 0.15) is 0 Å². The molecule has 0 aliphatic heterocycles. The summed E-state index contributed by atoms with van der Waals surface area (Å²) in [5, 5.41) is 14.6. The standard InChI is InChI=1S/C14H19N3O2S/c1-8(2)5-6-20-12-10(14(18)19)7-15-13-11(12)9(3)16-17(13)4/h7-8H,5-6H2,1-4H3,(H,18,19). The quantitative estimate of drug-likeness (QED) is 0.858. The smallest absolute Gasteiger partial charge is 0.338 e. The van der Waals surface area contributed by atoms with Gasteiger partial charge in [0.2, 0.25) is 0 Å². The van der Waals surface area contributed by atoms with E-state index in [1.54, 1.807) is 16.4 Å². The molecule has 5 nitrogen and oxygen atoms in total. The van der Waals surface area contributed by atoms with Crippen molar-refractivity contribution in [1.82, 2.24) is 14.8 Å². The summed E-state index contributed by atoms with van der Waals surface area (Å²) in [6, 6.07) is 0. The van der Waals surface area contributed by atoms with Gasteiger partial charge in [-0.15, -0.1) is 11.8 Å². The Labute approximate surface area is 122 Å². The second-order valence-electron chi connectivity index (χ2n) is 5.24. The van der Waals surface area contributed by atoms with E-state index in [-0.39, 0.29) is 5.56 Å². The van der Waals surface area contributed by atoms with Crippen LogP contribution in [-0.2, 0) is 7.05 Å². The van der Waals surface area contributed by atoms with Crippen molar-refractivity contribution in [3.63, 3.8) is 0 Å². The van der Waals surface area contributed by atoms with Gasteiger partial charge in [-0.1, -0.05) is 13.8 Å². The molecule has 0 aromatic carbocycles. The van der Waals surface area contributed by atoms with Crippen molar-refractivity contribution in [3.05, 3.63) is 17.5 Å². The number of carbonyl (C=O) groups is 1. The Morgan fingerprint density at radius 2 is 2.20 bits per heavy atom. The predicted octanol–water partition coefficient (Wildman–Crippen LogP) is 3.11. The van der Waals surface area contributed by atoms with Crippen molar-refractivity contribution in [3.8, 4) is 0 Å². The van der Waals surface area contributed by atoms with Crippen LogP contribution in [0, 0.1) is 12.8 Å². The highest BCUT2D eigenvalue weighted by Crippen LogP contribution is 2.33. The minimum atomic E-state index is -0.935. The molecule has 0 spiro atoms. The molecule has 2 rings (SSSR count). The molecule has 6 heteroatoms. The number of carboxylic acid groups (broad SMARTS) is 1. The van der Waals surface area contributed by atoms with Gasteiger partial charge in [0.25, 0.3) is 0 Å². The highest BCUT2D eigenvalue weighted by molar-refractivity contribution is 7.99. The van der Waals surface area contributed by atoms with E-state index >= 15 is 0 Å². The van der Waals surface area contributed by atoms with E-state index in [9.17, 15) is 9.90 Å². The van der Waals surface area contributed by atoms with Gasteiger partial charge in [0.15, 0.2) is 5.65 Å². The molecule has 0 radical (unpaired) electrons. The van der Waals surface area contributed by atoms with Crippen molar-refractivity contribution in [2.75, 3.05) is 5.75 Å². The largest absolute Gasteiger partial charge is 0.478 e. The average Bonchev–Trinajstić information content (AvgIpc) is 2.64. The fourth-order valence-electron chi connectivity index (χ4n) is 2.08. The van der Waals surface area contributed by atoms with Crippen LogP contribution in [0.1, 0.15) is 36.3 Å². The average molecular weight is 293 g/mol. The van der Waals surface area contributed by atoms with Gasteiger partial charge in [-0.25, -0.2) is 9.78 Å². The van der Waals surface area contributed by atoms with Gasteiger partial charge in [-0.05, 0) is 25.0 Å². The van der Waals surface area contributed by atoms with E-state index in [0.29, 0.717) is 5.92 Å². The Morgan fingerprint density at radius 3 is 2.80 bits per heavy atom. The van der Waals surface area contributed by atoms with E-state index in [1.165, 1.54) is 6.20 Å². The zero-order chi connectivity index (χ0) is 14.9. The number of rotatable bonds is 5. The molecule has 108 valence electrons. The monoisotopic (exact) mass is 293 g/mol. The van der Waals surface area contributed by atoms with Crippen LogP contribution in [0.2, 0.25) is 0 Å². The Hall–Kier alpha value is -1.56. The first-order valence-electron chi connectivity index (χ1n) is 6.60. The van der Waals surface area contributed by atoms with Crippen molar-refractivity contribution < 1.29 is 9.90 Å². The molecule has 0 amide bonds. The first-order chi connectivity index (χ1) is 9.41. The summed E-state index contributed by atoms with van der Waals surface area (Å²) in [6.45, 7) is 6.22. The maximum absolute atomic E-state index is 11.4. The van der Waals surface area contributed by atoms with Crippen molar-refractivity contribution in [2.24, 2.45) is 13.0 Å². The maximum atomic E-state index is 11.4. The van der Waals surface area contributed by atoms with Crippen molar-refractivity contribution >= 4 is 28.8 Å². The molecule has 0 aliphatic rings. The number of aromatic nitrogens is 3. The lowest BCUT2D eigenvalue weighted by molar-refractivity contribution is 0.0693. The SMILES string of the molecule is Cc1nn(C)c2ncc(C(=O)O)c(SCCC(C)C)c12. The molecule has 1 N–H and O–H groups in total. The fourth-order valence-corrected chi connectivity index (χ4v) is 3.55. The van der Waals surface area contributed by atoms with Crippen LogP contribution >= 0.6 is 11.8 Å². The Bertz CT molecular complexity index is 649. The second kappa shape index (κ2) is 5.83. The third-order valence-corrected chi connectivity index (χ3v) is 4.30. The number of nitrogens with zero attached hydrogens (tertiary/aromatic N) is 3. The summed E-state index contributed by atoms with van der Waals surface area (Å²) >= 11 is 1.59. The van der Waals surface area contributed by atoms with Crippen LogP contribution < -0.4 is 0 Å². The Balaban J connectivity index is 2.51. The predicted molar refractivity (Wildman–Crippen MR) is 80.4 cm³/mol. The molecule has 20 heavy (non-hydrogen) atoms. The molecule has 0 fully saturated rings. The molecule has 0 saturated heterocycles. The molecule has 2 heterocycles. The van der Waals surface area contributed by atoms with Gasteiger partial charge in [-0.2, -0.15) is 5.10 Å². The first-order valence-corrected chi connectivity index (χ1v) is 7.58. The molecule has 2 aromatic rings. The normalized spacial score (nSPS) is 11.4. The molecular formula is C14H19N3O2S. The molecule has 2 aromatic heterocycles. The van der Waals surface area contributed by atoms with Crippen LogP contribution in [-0.4, -0.2) is 31.6 Å². The molecule has 0 atom stereocenters. The van der Waals surface area contributed by atoms with Crippen molar-refractivity contribution in [2.45, 2.75) is 32.1 Å². The Kier molecular flexibility index (Phi) is 4.32. The lowest BCUT2D eigenvalue weighted by atomic mass is 10.2. The van der Waals surface area contributed by atoms with E-state index in [2.05, 4.69) is 23.9 Å². The van der Waals surface area contributed by atoms with E-state index < -0.39 is 5.97 Å². The van der Waals surface area contributed by atoms with Gasteiger partial charge in [0.05, 0.1) is 16.6 Å². The fraction of sp³-hybridized carbons (Fsp3) is 0.500. The molecule has 0 saturated carbocycles. The van der Waals surface area contributed by atoms with Gasteiger partial charge in [-0.3, -0.25) is 4.68 Å². The van der Waals surface area contributed by atoms with Crippen LogP contribution in [0.4, 0.5) is 0 Å². The number of hydrogen-bond donors (Lipinski definition) is 1. The minimum absolute atomic E-state index is 0.266. The summed E-state index contributed by atoms with van der Waals surface area (Å²) in [5.41, 5.74) is 1.83. The number of hydrogen-bond acceptors (Lipinski definition) is 4. The number of aromatic carboxylic acids is 1.